The lowest BCUT2D eigenvalue weighted by Crippen LogP contribution is -2.43. The third kappa shape index (κ3) is 2.88. The van der Waals surface area contributed by atoms with Gasteiger partial charge in [0.15, 0.2) is 0 Å². The quantitative estimate of drug-likeness (QED) is 0.871. The molecule has 22 heavy (non-hydrogen) atoms. The largest absolute Gasteiger partial charge is 0.336 e. The molecule has 1 aromatic heterocycles. The van der Waals surface area contributed by atoms with Crippen molar-refractivity contribution < 1.29 is 4.79 Å². The van der Waals surface area contributed by atoms with E-state index >= 15 is 0 Å². The molecule has 0 aliphatic carbocycles. The number of amides is 1. The lowest BCUT2D eigenvalue weighted by atomic mass is 9.98. The SMILES string of the molecule is CN(C)C(C(=O)N1CCc2ccccc2C1)c1cccnc1. The third-order valence-corrected chi connectivity index (χ3v) is 4.19. The number of fused-ring (bicyclic) bond motifs is 1. The summed E-state index contributed by atoms with van der Waals surface area (Å²) in [4.78, 5) is 21.1. The highest BCUT2D eigenvalue weighted by molar-refractivity contribution is 5.83. The van der Waals surface area contributed by atoms with E-state index in [1.165, 1.54) is 11.1 Å². The summed E-state index contributed by atoms with van der Waals surface area (Å²) in [5.74, 6) is 0.146. The van der Waals surface area contributed by atoms with Crippen molar-refractivity contribution in [3.8, 4) is 0 Å². The molecular formula is C18H21N3O. The molecule has 2 aromatic rings. The van der Waals surface area contributed by atoms with Crippen molar-refractivity contribution in [2.75, 3.05) is 20.6 Å². The zero-order valence-electron chi connectivity index (χ0n) is 13.1. The molecule has 0 radical (unpaired) electrons. The van der Waals surface area contributed by atoms with E-state index in [0.717, 1.165) is 18.5 Å². The van der Waals surface area contributed by atoms with Crippen molar-refractivity contribution >= 4 is 5.91 Å². The van der Waals surface area contributed by atoms with Crippen LogP contribution in [0.4, 0.5) is 0 Å². The number of rotatable bonds is 3. The maximum atomic E-state index is 13.0. The molecule has 0 spiro atoms. The highest BCUT2D eigenvalue weighted by Gasteiger charge is 2.29. The lowest BCUT2D eigenvalue weighted by Gasteiger charge is -2.34. The molecule has 4 nitrogen and oxygen atoms in total. The van der Waals surface area contributed by atoms with E-state index in [0.29, 0.717) is 6.54 Å². The Labute approximate surface area is 131 Å². The predicted octanol–water partition coefficient (Wildman–Crippen LogP) is 2.27. The fourth-order valence-electron chi connectivity index (χ4n) is 3.06. The van der Waals surface area contributed by atoms with Crippen molar-refractivity contribution in [2.45, 2.75) is 19.0 Å². The van der Waals surface area contributed by atoms with Crippen molar-refractivity contribution in [2.24, 2.45) is 0 Å². The van der Waals surface area contributed by atoms with Crippen LogP contribution in [0.5, 0.6) is 0 Å². The van der Waals surface area contributed by atoms with E-state index in [4.69, 9.17) is 0 Å². The second kappa shape index (κ2) is 6.28. The second-order valence-electron chi connectivity index (χ2n) is 5.93. The van der Waals surface area contributed by atoms with Crippen LogP contribution < -0.4 is 0 Å². The number of aromatic nitrogens is 1. The highest BCUT2D eigenvalue weighted by Crippen LogP contribution is 2.25. The first-order chi connectivity index (χ1) is 10.7. The van der Waals surface area contributed by atoms with E-state index in [2.05, 4.69) is 23.2 Å². The van der Waals surface area contributed by atoms with Gasteiger partial charge in [0.25, 0.3) is 0 Å². The number of carbonyl (C=O) groups is 1. The number of pyridine rings is 1. The summed E-state index contributed by atoms with van der Waals surface area (Å²) in [7, 11) is 3.88. The molecule has 1 aliphatic rings. The summed E-state index contributed by atoms with van der Waals surface area (Å²) in [5.41, 5.74) is 3.55. The fourth-order valence-corrected chi connectivity index (χ4v) is 3.06. The van der Waals surface area contributed by atoms with E-state index in [-0.39, 0.29) is 11.9 Å². The highest BCUT2D eigenvalue weighted by atomic mass is 16.2. The second-order valence-corrected chi connectivity index (χ2v) is 5.93. The smallest absolute Gasteiger partial charge is 0.244 e. The Morgan fingerprint density at radius 1 is 1.18 bits per heavy atom. The van der Waals surface area contributed by atoms with Gasteiger partial charge < -0.3 is 4.90 Å². The van der Waals surface area contributed by atoms with E-state index < -0.39 is 0 Å². The fraction of sp³-hybridized carbons (Fsp3) is 0.333. The van der Waals surface area contributed by atoms with Gasteiger partial charge in [-0.15, -0.1) is 0 Å². The van der Waals surface area contributed by atoms with Gasteiger partial charge in [-0.2, -0.15) is 0 Å². The number of nitrogens with zero attached hydrogens (tertiary/aromatic N) is 3. The Balaban J connectivity index is 1.83. The first-order valence-electron chi connectivity index (χ1n) is 7.59. The Kier molecular flexibility index (Phi) is 4.20. The molecule has 1 aromatic carbocycles. The summed E-state index contributed by atoms with van der Waals surface area (Å²) >= 11 is 0. The van der Waals surface area contributed by atoms with Gasteiger partial charge in [0.05, 0.1) is 0 Å². The Morgan fingerprint density at radius 2 is 1.95 bits per heavy atom. The maximum absolute atomic E-state index is 13.0. The van der Waals surface area contributed by atoms with Gasteiger partial charge in [-0.25, -0.2) is 0 Å². The zero-order valence-corrected chi connectivity index (χ0v) is 13.1. The molecule has 114 valence electrons. The molecule has 0 N–H and O–H groups in total. The first kappa shape index (κ1) is 14.7. The lowest BCUT2D eigenvalue weighted by molar-refractivity contribution is -0.137. The minimum Gasteiger partial charge on any atom is -0.336 e. The van der Waals surface area contributed by atoms with Crippen molar-refractivity contribution in [1.82, 2.24) is 14.8 Å². The summed E-state index contributed by atoms with van der Waals surface area (Å²) in [6.45, 7) is 1.47. The molecule has 1 amide bonds. The van der Waals surface area contributed by atoms with Crippen molar-refractivity contribution in [3.05, 3.63) is 65.5 Å². The van der Waals surface area contributed by atoms with Crippen LogP contribution in [-0.2, 0) is 17.8 Å². The van der Waals surface area contributed by atoms with Crippen LogP contribution in [0.2, 0.25) is 0 Å². The van der Waals surface area contributed by atoms with Crippen LogP contribution in [0.1, 0.15) is 22.7 Å². The Bertz CT molecular complexity index is 654. The molecule has 1 unspecified atom stereocenters. The normalized spacial score (nSPS) is 15.5. The molecule has 1 atom stereocenters. The molecular weight excluding hydrogens is 274 g/mol. The minimum atomic E-state index is -0.279. The molecule has 0 fully saturated rings. The predicted molar refractivity (Wildman–Crippen MR) is 86.2 cm³/mol. The average molecular weight is 295 g/mol. The first-order valence-corrected chi connectivity index (χ1v) is 7.59. The van der Waals surface area contributed by atoms with Crippen LogP contribution in [0.25, 0.3) is 0 Å². The molecule has 2 heterocycles. The van der Waals surface area contributed by atoms with E-state index in [1.807, 2.05) is 42.1 Å². The van der Waals surface area contributed by atoms with Gasteiger partial charge in [-0.3, -0.25) is 14.7 Å². The summed E-state index contributed by atoms with van der Waals surface area (Å²) in [6, 6.07) is 11.9. The topological polar surface area (TPSA) is 36.4 Å². The van der Waals surface area contributed by atoms with Crippen LogP contribution in [0.3, 0.4) is 0 Å². The third-order valence-electron chi connectivity index (χ3n) is 4.19. The average Bonchev–Trinajstić information content (AvgIpc) is 2.55. The van der Waals surface area contributed by atoms with Gasteiger partial charge in [0.1, 0.15) is 6.04 Å². The minimum absolute atomic E-state index is 0.146. The molecule has 1 aliphatic heterocycles. The van der Waals surface area contributed by atoms with Crippen LogP contribution in [0.15, 0.2) is 48.8 Å². The zero-order chi connectivity index (χ0) is 15.5. The molecule has 0 bridgehead atoms. The standard InChI is InChI=1S/C18H21N3O/c1-20(2)17(15-8-5-10-19-12-15)18(22)21-11-9-14-6-3-4-7-16(14)13-21/h3-8,10,12,17H,9,11,13H2,1-2H3. The summed E-state index contributed by atoms with van der Waals surface area (Å²) in [6.07, 6.45) is 4.44. The molecule has 3 rings (SSSR count). The van der Waals surface area contributed by atoms with Crippen LogP contribution >= 0.6 is 0 Å². The Morgan fingerprint density at radius 3 is 2.64 bits per heavy atom. The molecule has 0 saturated heterocycles. The van der Waals surface area contributed by atoms with Gasteiger partial charge in [0, 0.05) is 25.5 Å². The molecule has 0 saturated carbocycles. The van der Waals surface area contributed by atoms with Gasteiger partial charge in [-0.05, 0) is 43.3 Å². The van der Waals surface area contributed by atoms with Gasteiger partial charge in [0.2, 0.25) is 5.91 Å². The Hall–Kier alpha value is -2.20. The van der Waals surface area contributed by atoms with Gasteiger partial charge >= 0.3 is 0 Å². The van der Waals surface area contributed by atoms with E-state index in [1.54, 1.807) is 12.4 Å². The maximum Gasteiger partial charge on any atom is 0.244 e. The van der Waals surface area contributed by atoms with E-state index in [9.17, 15) is 4.79 Å². The van der Waals surface area contributed by atoms with Gasteiger partial charge in [-0.1, -0.05) is 30.3 Å². The number of likely N-dealkylation sites (N-methyl/N-ethyl adjacent to an activating group) is 1. The number of hydrogen-bond acceptors (Lipinski definition) is 3. The number of benzene rings is 1. The molecule has 4 heteroatoms. The summed E-state index contributed by atoms with van der Waals surface area (Å²) < 4.78 is 0. The number of carbonyl (C=O) groups excluding carboxylic acids is 1. The van der Waals surface area contributed by atoms with Crippen molar-refractivity contribution in [3.63, 3.8) is 0 Å². The summed E-state index contributed by atoms with van der Waals surface area (Å²) in [5, 5.41) is 0. The van der Waals surface area contributed by atoms with Crippen molar-refractivity contribution in [1.29, 1.82) is 0 Å². The van der Waals surface area contributed by atoms with Crippen LogP contribution in [-0.4, -0.2) is 41.3 Å². The number of hydrogen-bond donors (Lipinski definition) is 0. The monoisotopic (exact) mass is 295 g/mol. The van der Waals surface area contributed by atoms with Crippen LogP contribution in [0, 0.1) is 0 Å².